The quantitative estimate of drug-likeness (QED) is 0.567. The lowest BCUT2D eigenvalue weighted by Gasteiger charge is -1.99. The van der Waals surface area contributed by atoms with Gasteiger partial charge in [-0.2, -0.15) is 0 Å². The molecule has 0 saturated heterocycles. The van der Waals surface area contributed by atoms with Gasteiger partial charge in [0.2, 0.25) is 0 Å². The van der Waals surface area contributed by atoms with Gasteiger partial charge in [0.1, 0.15) is 0 Å². The molecule has 82 valence electrons. The summed E-state index contributed by atoms with van der Waals surface area (Å²) in [5, 5.41) is 3.01. The maximum Gasteiger partial charge on any atom is 0.151 e. The van der Waals surface area contributed by atoms with Gasteiger partial charge in [0.15, 0.2) is 5.78 Å². The van der Waals surface area contributed by atoms with Gasteiger partial charge in [-0.1, -0.05) is 13.0 Å². The van der Waals surface area contributed by atoms with Crippen LogP contribution in [0, 0.1) is 0 Å². The van der Waals surface area contributed by atoms with Crippen molar-refractivity contribution in [3.63, 3.8) is 0 Å². The van der Waals surface area contributed by atoms with Crippen LogP contribution in [0.3, 0.4) is 0 Å². The first-order valence-electron chi connectivity index (χ1n) is 5.17. The van der Waals surface area contributed by atoms with Crippen LogP contribution in [0.5, 0.6) is 0 Å². The first kappa shape index (κ1) is 12.1. The highest BCUT2D eigenvalue weighted by molar-refractivity contribution is 7.12. The molecule has 1 heterocycles. The fraction of sp³-hybridized carbons (Fsp3) is 0.417. The average molecular weight is 223 g/mol. The summed E-state index contributed by atoms with van der Waals surface area (Å²) in [5.74, 6) is 0.237. The Labute approximate surface area is 95.0 Å². The fourth-order valence-electron chi connectivity index (χ4n) is 1.28. The topological polar surface area (TPSA) is 29.1 Å². The van der Waals surface area contributed by atoms with Crippen LogP contribution < -0.4 is 5.32 Å². The molecular formula is C12H17NOS. The molecule has 0 fully saturated rings. The van der Waals surface area contributed by atoms with Crippen molar-refractivity contribution in [3.05, 3.63) is 34.5 Å². The van der Waals surface area contributed by atoms with E-state index in [9.17, 15) is 4.79 Å². The number of ketones is 1. The number of rotatable bonds is 7. The van der Waals surface area contributed by atoms with Crippen LogP contribution in [0.1, 0.15) is 16.7 Å². The van der Waals surface area contributed by atoms with Gasteiger partial charge in [0.25, 0.3) is 0 Å². The van der Waals surface area contributed by atoms with Crippen LogP contribution in [0.2, 0.25) is 0 Å². The second kappa shape index (κ2) is 6.53. The number of carbonyl (C=O) groups excluding carboxylic acids is 1. The highest BCUT2D eigenvalue weighted by Gasteiger charge is 2.05. The fourth-order valence-corrected chi connectivity index (χ4v) is 2.26. The summed E-state index contributed by atoms with van der Waals surface area (Å²) in [7, 11) is 0. The first-order valence-corrected chi connectivity index (χ1v) is 5.98. The minimum absolute atomic E-state index is 0.237. The van der Waals surface area contributed by atoms with E-state index in [0.29, 0.717) is 19.5 Å². The molecule has 0 radical (unpaired) electrons. The largest absolute Gasteiger partial charge is 0.307 e. The Bertz CT molecular complexity index is 330. The third-order valence-electron chi connectivity index (χ3n) is 2.05. The van der Waals surface area contributed by atoms with Crippen LogP contribution in [0.15, 0.2) is 24.8 Å². The Kier molecular flexibility index (Phi) is 5.29. The molecule has 0 aliphatic carbocycles. The van der Waals surface area contributed by atoms with E-state index >= 15 is 0 Å². The van der Waals surface area contributed by atoms with E-state index in [2.05, 4.69) is 31.0 Å². The predicted molar refractivity (Wildman–Crippen MR) is 65.5 cm³/mol. The van der Waals surface area contributed by atoms with Gasteiger partial charge in [0.05, 0.1) is 6.54 Å². The zero-order valence-corrected chi connectivity index (χ0v) is 9.90. The number of thiophene rings is 1. The van der Waals surface area contributed by atoms with Gasteiger partial charge in [-0.15, -0.1) is 17.9 Å². The minimum atomic E-state index is 0.237. The van der Waals surface area contributed by atoms with Crippen molar-refractivity contribution < 1.29 is 4.79 Å². The highest BCUT2D eigenvalue weighted by atomic mass is 32.1. The van der Waals surface area contributed by atoms with Gasteiger partial charge in [-0.25, -0.2) is 0 Å². The number of aryl methyl sites for hydroxylation is 1. The van der Waals surface area contributed by atoms with Crippen molar-refractivity contribution in [3.8, 4) is 0 Å². The molecule has 0 amide bonds. The second-order valence-corrected chi connectivity index (χ2v) is 4.61. The van der Waals surface area contributed by atoms with Crippen molar-refractivity contribution >= 4 is 17.1 Å². The van der Waals surface area contributed by atoms with Crippen molar-refractivity contribution in [1.82, 2.24) is 5.32 Å². The Balaban J connectivity index is 2.33. The van der Waals surface area contributed by atoms with E-state index in [1.807, 2.05) is 0 Å². The molecule has 0 aliphatic rings. The summed E-state index contributed by atoms with van der Waals surface area (Å²) < 4.78 is 0. The summed E-state index contributed by atoms with van der Waals surface area (Å²) in [6.45, 7) is 6.84. The highest BCUT2D eigenvalue weighted by Crippen LogP contribution is 2.17. The van der Waals surface area contributed by atoms with E-state index in [0.717, 1.165) is 11.3 Å². The van der Waals surface area contributed by atoms with Crippen molar-refractivity contribution in [2.24, 2.45) is 0 Å². The van der Waals surface area contributed by atoms with Crippen LogP contribution >= 0.6 is 11.3 Å². The molecule has 0 bridgehead atoms. The molecule has 1 rings (SSSR count). The molecule has 2 nitrogen and oxygen atoms in total. The predicted octanol–water partition coefficient (Wildman–Crippen LogP) is 2.20. The monoisotopic (exact) mass is 223 g/mol. The summed E-state index contributed by atoms with van der Waals surface area (Å²) in [4.78, 5) is 14.0. The van der Waals surface area contributed by atoms with Crippen molar-refractivity contribution in [1.29, 1.82) is 0 Å². The molecule has 3 heteroatoms. The summed E-state index contributed by atoms with van der Waals surface area (Å²) >= 11 is 1.73. The normalized spacial score (nSPS) is 10.2. The van der Waals surface area contributed by atoms with Crippen LogP contribution in [0.4, 0.5) is 0 Å². The first-order chi connectivity index (χ1) is 7.26. The molecule has 0 aromatic carbocycles. The lowest BCUT2D eigenvalue weighted by molar-refractivity contribution is -0.117. The molecule has 0 saturated carbocycles. The lowest BCUT2D eigenvalue weighted by atomic mass is 10.2. The Morgan fingerprint density at radius 3 is 2.87 bits per heavy atom. The zero-order chi connectivity index (χ0) is 11.1. The minimum Gasteiger partial charge on any atom is -0.307 e. The molecule has 1 aromatic heterocycles. The van der Waals surface area contributed by atoms with Crippen LogP contribution in [0.25, 0.3) is 0 Å². The maximum atomic E-state index is 11.5. The molecular weight excluding hydrogens is 206 g/mol. The zero-order valence-electron chi connectivity index (χ0n) is 9.08. The van der Waals surface area contributed by atoms with Crippen molar-refractivity contribution in [2.45, 2.75) is 19.8 Å². The van der Waals surface area contributed by atoms with E-state index in [1.165, 1.54) is 4.88 Å². The maximum absolute atomic E-state index is 11.5. The van der Waals surface area contributed by atoms with Crippen molar-refractivity contribution in [2.75, 3.05) is 13.1 Å². The van der Waals surface area contributed by atoms with Gasteiger partial charge in [-0.05, 0) is 18.6 Å². The smallest absolute Gasteiger partial charge is 0.151 e. The SMILES string of the molecule is C=CCNCC(=O)Cc1ccc(CC)s1. The molecule has 15 heavy (non-hydrogen) atoms. The molecule has 0 aliphatic heterocycles. The molecule has 0 unspecified atom stereocenters. The number of nitrogens with one attached hydrogen (secondary N) is 1. The number of carbonyl (C=O) groups is 1. The number of hydrogen-bond donors (Lipinski definition) is 1. The average Bonchev–Trinajstić information content (AvgIpc) is 2.66. The third kappa shape index (κ3) is 4.40. The van der Waals surface area contributed by atoms with E-state index < -0.39 is 0 Å². The number of hydrogen-bond acceptors (Lipinski definition) is 3. The van der Waals surface area contributed by atoms with Crippen LogP contribution in [-0.2, 0) is 17.6 Å². The summed E-state index contributed by atoms with van der Waals surface area (Å²) in [6, 6.07) is 4.15. The Morgan fingerprint density at radius 2 is 2.27 bits per heavy atom. The summed E-state index contributed by atoms with van der Waals surface area (Å²) in [6.07, 6.45) is 3.36. The van der Waals surface area contributed by atoms with Gasteiger partial charge in [-0.3, -0.25) is 4.79 Å². The molecule has 0 atom stereocenters. The lowest BCUT2D eigenvalue weighted by Crippen LogP contribution is -2.23. The third-order valence-corrected chi connectivity index (χ3v) is 3.28. The van der Waals surface area contributed by atoms with Gasteiger partial charge >= 0.3 is 0 Å². The van der Waals surface area contributed by atoms with E-state index in [1.54, 1.807) is 17.4 Å². The second-order valence-electron chi connectivity index (χ2n) is 3.36. The number of Topliss-reactive ketones (excluding diaryl/α,β-unsaturated/α-hetero) is 1. The van der Waals surface area contributed by atoms with E-state index in [4.69, 9.17) is 0 Å². The molecule has 1 N–H and O–H groups in total. The standard InChI is InChI=1S/C12H17NOS/c1-3-7-13-9-10(14)8-12-6-5-11(4-2)15-12/h3,5-6,13H,1,4,7-9H2,2H3. The Morgan fingerprint density at radius 1 is 1.53 bits per heavy atom. The Hall–Kier alpha value is -0.930. The van der Waals surface area contributed by atoms with E-state index in [-0.39, 0.29) is 5.78 Å². The van der Waals surface area contributed by atoms with Gasteiger partial charge < -0.3 is 5.32 Å². The van der Waals surface area contributed by atoms with Gasteiger partial charge in [0, 0.05) is 22.7 Å². The summed E-state index contributed by atoms with van der Waals surface area (Å²) in [5.41, 5.74) is 0. The van der Waals surface area contributed by atoms with Crippen LogP contribution in [-0.4, -0.2) is 18.9 Å². The molecule has 0 spiro atoms. The molecule has 1 aromatic rings.